The molecule has 0 saturated carbocycles. The minimum Gasteiger partial charge on any atom is -0.382 e. The van der Waals surface area contributed by atoms with Crippen LogP contribution in [0.3, 0.4) is 0 Å². The summed E-state index contributed by atoms with van der Waals surface area (Å²) >= 11 is 0. The zero-order valence-corrected chi connectivity index (χ0v) is 10.7. The fourth-order valence-electron chi connectivity index (χ4n) is 1.35. The van der Waals surface area contributed by atoms with Crippen molar-refractivity contribution in [3.63, 3.8) is 0 Å². The van der Waals surface area contributed by atoms with Gasteiger partial charge in [-0.1, -0.05) is 27.2 Å². The highest BCUT2D eigenvalue weighted by atomic mass is 16.5. The van der Waals surface area contributed by atoms with Crippen molar-refractivity contribution in [3.05, 3.63) is 0 Å². The van der Waals surface area contributed by atoms with Crippen molar-refractivity contribution < 1.29 is 9.47 Å². The molecule has 0 aromatic heterocycles. The molecule has 0 aromatic carbocycles. The second kappa shape index (κ2) is 10.4. The average molecular weight is 217 g/mol. The molecule has 0 fully saturated rings. The minimum absolute atomic E-state index is 0.577. The molecule has 15 heavy (non-hydrogen) atoms. The van der Waals surface area contributed by atoms with Crippen LogP contribution in [0.15, 0.2) is 0 Å². The normalized spacial score (nSPS) is 13.4. The number of hydrogen-bond donors (Lipinski definition) is 1. The molecule has 0 aromatic rings. The first-order valence-corrected chi connectivity index (χ1v) is 6.00. The topological polar surface area (TPSA) is 30.5 Å². The quantitative estimate of drug-likeness (QED) is 0.568. The zero-order chi connectivity index (χ0) is 11.5. The van der Waals surface area contributed by atoms with Gasteiger partial charge >= 0.3 is 0 Å². The molecule has 0 aliphatic heterocycles. The first-order chi connectivity index (χ1) is 7.20. The Balaban J connectivity index is 3.36. The molecule has 0 aliphatic rings. The number of methoxy groups -OCH3 is 1. The summed E-state index contributed by atoms with van der Waals surface area (Å²) in [6, 6.07) is 0.577. The van der Waals surface area contributed by atoms with Crippen LogP contribution in [0.25, 0.3) is 0 Å². The van der Waals surface area contributed by atoms with E-state index < -0.39 is 0 Å². The summed E-state index contributed by atoms with van der Waals surface area (Å²) < 4.78 is 10.4. The Hall–Kier alpha value is -0.120. The van der Waals surface area contributed by atoms with Gasteiger partial charge in [0, 0.05) is 19.8 Å². The van der Waals surface area contributed by atoms with Gasteiger partial charge in [0.15, 0.2) is 0 Å². The maximum Gasteiger partial charge on any atom is 0.0700 e. The molecule has 0 radical (unpaired) electrons. The molecule has 0 bridgehead atoms. The maximum atomic E-state index is 5.46. The van der Waals surface area contributed by atoms with Crippen molar-refractivity contribution in [3.8, 4) is 0 Å². The lowest BCUT2D eigenvalue weighted by Gasteiger charge is -2.17. The molecule has 1 N–H and O–H groups in total. The van der Waals surface area contributed by atoms with E-state index in [2.05, 4.69) is 26.1 Å². The van der Waals surface area contributed by atoms with Gasteiger partial charge in [-0.2, -0.15) is 0 Å². The SMILES string of the molecule is CCC(CCOCCOC)CNC(C)C. The molecule has 0 spiro atoms. The van der Waals surface area contributed by atoms with E-state index in [0.717, 1.165) is 25.5 Å². The Morgan fingerprint density at radius 2 is 1.87 bits per heavy atom. The number of ether oxygens (including phenoxy) is 2. The lowest BCUT2D eigenvalue weighted by Crippen LogP contribution is -2.29. The fourth-order valence-corrected chi connectivity index (χ4v) is 1.35. The third-order valence-corrected chi connectivity index (χ3v) is 2.49. The van der Waals surface area contributed by atoms with Crippen molar-refractivity contribution in [2.45, 2.75) is 39.7 Å². The van der Waals surface area contributed by atoms with E-state index in [1.54, 1.807) is 7.11 Å². The van der Waals surface area contributed by atoms with Gasteiger partial charge in [0.25, 0.3) is 0 Å². The van der Waals surface area contributed by atoms with Crippen LogP contribution in [0.5, 0.6) is 0 Å². The van der Waals surface area contributed by atoms with Crippen molar-refractivity contribution in [2.75, 3.05) is 33.5 Å². The molecule has 3 nitrogen and oxygen atoms in total. The smallest absolute Gasteiger partial charge is 0.0700 e. The summed E-state index contributed by atoms with van der Waals surface area (Å²) in [6.45, 7) is 9.96. The standard InChI is InChI=1S/C12H27NO2/c1-5-12(10-13-11(2)3)6-7-15-9-8-14-4/h11-13H,5-10H2,1-4H3. The Labute approximate surface area is 94.5 Å². The second-order valence-electron chi connectivity index (χ2n) is 4.23. The first-order valence-electron chi connectivity index (χ1n) is 6.00. The van der Waals surface area contributed by atoms with E-state index in [4.69, 9.17) is 9.47 Å². The van der Waals surface area contributed by atoms with Gasteiger partial charge in [-0.15, -0.1) is 0 Å². The average Bonchev–Trinajstić information content (AvgIpc) is 2.22. The molecule has 0 rings (SSSR count). The highest BCUT2D eigenvalue weighted by molar-refractivity contribution is 4.62. The molecule has 1 atom stereocenters. The van der Waals surface area contributed by atoms with E-state index in [1.807, 2.05) is 0 Å². The summed E-state index contributed by atoms with van der Waals surface area (Å²) in [6.07, 6.45) is 2.35. The summed E-state index contributed by atoms with van der Waals surface area (Å²) in [5.74, 6) is 0.731. The summed E-state index contributed by atoms with van der Waals surface area (Å²) in [5, 5.41) is 3.47. The van der Waals surface area contributed by atoms with Gasteiger partial charge in [-0.25, -0.2) is 0 Å². The number of rotatable bonds is 10. The molecular formula is C12H27NO2. The van der Waals surface area contributed by atoms with Crippen LogP contribution in [0.2, 0.25) is 0 Å². The zero-order valence-electron chi connectivity index (χ0n) is 10.7. The molecule has 0 saturated heterocycles. The first kappa shape index (κ1) is 14.9. The van der Waals surface area contributed by atoms with E-state index in [9.17, 15) is 0 Å². The van der Waals surface area contributed by atoms with Crippen LogP contribution in [0.4, 0.5) is 0 Å². The molecule has 0 aliphatic carbocycles. The van der Waals surface area contributed by atoms with Gasteiger partial charge < -0.3 is 14.8 Å². The monoisotopic (exact) mass is 217 g/mol. The fraction of sp³-hybridized carbons (Fsp3) is 1.00. The third kappa shape index (κ3) is 10.2. The predicted octanol–water partition coefficient (Wildman–Crippen LogP) is 2.06. The van der Waals surface area contributed by atoms with Crippen LogP contribution >= 0.6 is 0 Å². The molecule has 0 heterocycles. The van der Waals surface area contributed by atoms with Gasteiger partial charge in [-0.3, -0.25) is 0 Å². The summed E-state index contributed by atoms with van der Waals surface area (Å²) in [4.78, 5) is 0. The number of nitrogens with one attached hydrogen (secondary N) is 1. The Morgan fingerprint density at radius 3 is 2.40 bits per heavy atom. The van der Waals surface area contributed by atoms with E-state index in [-0.39, 0.29) is 0 Å². The van der Waals surface area contributed by atoms with Crippen LogP contribution in [0, 0.1) is 5.92 Å². The van der Waals surface area contributed by atoms with Gasteiger partial charge in [-0.05, 0) is 18.9 Å². The maximum absolute atomic E-state index is 5.46. The van der Waals surface area contributed by atoms with E-state index in [0.29, 0.717) is 19.3 Å². The van der Waals surface area contributed by atoms with E-state index in [1.165, 1.54) is 6.42 Å². The second-order valence-corrected chi connectivity index (χ2v) is 4.23. The summed E-state index contributed by atoms with van der Waals surface area (Å²) in [7, 11) is 1.70. The van der Waals surface area contributed by atoms with Gasteiger partial charge in [0.05, 0.1) is 13.2 Å². The van der Waals surface area contributed by atoms with Crippen molar-refractivity contribution >= 4 is 0 Å². The summed E-state index contributed by atoms with van der Waals surface area (Å²) in [5.41, 5.74) is 0. The van der Waals surface area contributed by atoms with Crippen LogP contribution in [-0.2, 0) is 9.47 Å². The minimum atomic E-state index is 0.577. The highest BCUT2D eigenvalue weighted by Crippen LogP contribution is 2.07. The van der Waals surface area contributed by atoms with Gasteiger partial charge in [0.2, 0.25) is 0 Å². The number of hydrogen-bond acceptors (Lipinski definition) is 3. The molecular weight excluding hydrogens is 190 g/mol. The van der Waals surface area contributed by atoms with Crippen molar-refractivity contribution in [1.82, 2.24) is 5.32 Å². The van der Waals surface area contributed by atoms with Crippen molar-refractivity contribution in [2.24, 2.45) is 5.92 Å². The highest BCUT2D eigenvalue weighted by Gasteiger charge is 2.06. The molecule has 0 amide bonds. The molecule has 1 unspecified atom stereocenters. The molecule has 92 valence electrons. The van der Waals surface area contributed by atoms with Gasteiger partial charge in [0.1, 0.15) is 0 Å². The predicted molar refractivity (Wildman–Crippen MR) is 64.2 cm³/mol. The van der Waals surface area contributed by atoms with Crippen LogP contribution in [0.1, 0.15) is 33.6 Å². The van der Waals surface area contributed by atoms with Crippen molar-refractivity contribution in [1.29, 1.82) is 0 Å². The third-order valence-electron chi connectivity index (χ3n) is 2.49. The Kier molecular flexibility index (Phi) is 10.3. The molecule has 3 heteroatoms. The lowest BCUT2D eigenvalue weighted by molar-refractivity contribution is 0.0633. The lowest BCUT2D eigenvalue weighted by atomic mass is 10.0. The Bertz CT molecular complexity index is 129. The van der Waals surface area contributed by atoms with Crippen LogP contribution in [-0.4, -0.2) is 39.5 Å². The van der Waals surface area contributed by atoms with Crippen LogP contribution < -0.4 is 5.32 Å². The largest absolute Gasteiger partial charge is 0.382 e. The Morgan fingerprint density at radius 1 is 1.13 bits per heavy atom. The van der Waals surface area contributed by atoms with E-state index >= 15 is 0 Å².